The summed E-state index contributed by atoms with van der Waals surface area (Å²) in [5.41, 5.74) is 3.50. The summed E-state index contributed by atoms with van der Waals surface area (Å²) in [6, 6.07) is 18.4. The van der Waals surface area contributed by atoms with Gasteiger partial charge in [0.15, 0.2) is 9.84 Å². The maximum absolute atomic E-state index is 12.9. The lowest BCUT2D eigenvalue weighted by Crippen LogP contribution is -2.22. The number of para-hydroxylation sites is 1. The van der Waals surface area contributed by atoms with Crippen molar-refractivity contribution < 1.29 is 17.9 Å². The average molecular weight is 479 g/mol. The minimum absolute atomic E-state index is 0.0606. The van der Waals surface area contributed by atoms with Crippen molar-refractivity contribution in [2.75, 3.05) is 5.75 Å². The molecule has 1 aromatic heterocycles. The molecule has 0 aliphatic rings. The Balaban J connectivity index is 1.61. The van der Waals surface area contributed by atoms with Crippen molar-refractivity contribution in [1.82, 2.24) is 9.88 Å². The molecule has 0 bridgehead atoms. The number of fused-ring (bicyclic) bond motifs is 3. The van der Waals surface area contributed by atoms with Gasteiger partial charge in [-0.2, -0.15) is 0 Å². The molecule has 0 radical (unpaired) electrons. The molecule has 34 heavy (non-hydrogen) atoms. The lowest BCUT2D eigenvalue weighted by molar-refractivity contribution is 0.0951. The summed E-state index contributed by atoms with van der Waals surface area (Å²) in [6.07, 6.45) is 0.0615. The van der Waals surface area contributed by atoms with Gasteiger partial charge in [0.05, 0.1) is 22.3 Å². The molecule has 4 aromatic rings. The number of hydrogen-bond donors (Lipinski definition) is 1. The highest BCUT2D eigenvalue weighted by Crippen LogP contribution is 2.35. The van der Waals surface area contributed by atoms with Gasteiger partial charge >= 0.3 is 0 Å². The van der Waals surface area contributed by atoms with Crippen molar-refractivity contribution in [3.63, 3.8) is 0 Å². The van der Waals surface area contributed by atoms with E-state index in [0.717, 1.165) is 39.7 Å². The number of carbonyl (C=O) groups excluding carboxylic acids is 1. The van der Waals surface area contributed by atoms with Crippen LogP contribution in [0.4, 0.5) is 0 Å². The lowest BCUT2D eigenvalue weighted by atomic mass is 10.1. The Kier molecular flexibility index (Phi) is 6.66. The van der Waals surface area contributed by atoms with E-state index in [1.54, 1.807) is 31.2 Å². The van der Waals surface area contributed by atoms with Crippen molar-refractivity contribution in [2.24, 2.45) is 0 Å². The maximum Gasteiger partial charge on any atom is 0.251 e. The fourth-order valence-corrected chi connectivity index (χ4v) is 5.09. The van der Waals surface area contributed by atoms with Crippen LogP contribution in [0.25, 0.3) is 21.8 Å². The fourth-order valence-electron chi connectivity index (χ4n) is 4.21. The first-order valence-corrected chi connectivity index (χ1v) is 13.2. The van der Waals surface area contributed by atoms with Crippen molar-refractivity contribution in [1.29, 1.82) is 0 Å². The molecule has 0 saturated carbocycles. The molecule has 0 aliphatic carbocycles. The Morgan fingerprint density at radius 3 is 2.38 bits per heavy atom. The van der Waals surface area contributed by atoms with Gasteiger partial charge in [-0.15, -0.1) is 0 Å². The molecule has 0 aliphatic heterocycles. The van der Waals surface area contributed by atoms with E-state index in [9.17, 15) is 13.2 Å². The second kappa shape index (κ2) is 9.50. The van der Waals surface area contributed by atoms with Crippen LogP contribution in [0, 0.1) is 0 Å². The molecule has 3 aromatic carbocycles. The minimum Gasteiger partial charge on any atom is -0.489 e. The van der Waals surface area contributed by atoms with Gasteiger partial charge in [-0.1, -0.05) is 31.2 Å². The van der Waals surface area contributed by atoms with Crippen molar-refractivity contribution in [3.05, 3.63) is 71.8 Å². The van der Waals surface area contributed by atoms with E-state index in [1.165, 1.54) is 0 Å². The van der Waals surface area contributed by atoms with Crippen molar-refractivity contribution >= 4 is 37.6 Å². The van der Waals surface area contributed by atoms with Gasteiger partial charge < -0.3 is 14.6 Å². The molecule has 1 N–H and O–H groups in total. The molecule has 6 nitrogen and oxygen atoms in total. The molecule has 0 fully saturated rings. The molecular weight excluding hydrogens is 448 g/mol. The van der Waals surface area contributed by atoms with Crippen LogP contribution >= 0.6 is 0 Å². The van der Waals surface area contributed by atoms with Crippen LogP contribution in [0.15, 0.2) is 65.6 Å². The van der Waals surface area contributed by atoms with Gasteiger partial charge in [-0.25, -0.2) is 8.42 Å². The molecular formula is C27H30N2O4S. The highest BCUT2D eigenvalue weighted by Gasteiger charge is 2.17. The van der Waals surface area contributed by atoms with Crippen molar-refractivity contribution in [3.8, 4) is 5.75 Å². The highest BCUT2D eigenvalue weighted by molar-refractivity contribution is 7.91. The van der Waals surface area contributed by atoms with Gasteiger partial charge in [0.1, 0.15) is 5.75 Å². The third kappa shape index (κ3) is 4.53. The first-order valence-electron chi connectivity index (χ1n) is 11.6. The summed E-state index contributed by atoms with van der Waals surface area (Å²) >= 11 is 0. The largest absolute Gasteiger partial charge is 0.489 e. The summed E-state index contributed by atoms with van der Waals surface area (Å²) in [5, 5.41) is 5.00. The molecule has 0 atom stereocenters. The summed E-state index contributed by atoms with van der Waals surface area (Å²) < 4.78 is 32.2. The van der Waals surface area contributed by atoms with Crippen LogP contribution in [0.2, 0.25) is 0 Å². The SMILES string of the molecule is CCn1c2ccc(C(=O)NCc3ccc(S(=O)(=O)CC)cc3)cc2c2cccc(OC(C)C)c21. The number of hydrogen-bond acceptors (Lipinski definition) is 4. The van der Waals surface area contributed by atoms with Gasteiger partial charge in [-0.05, 0) is 62.7 Å². The molecule has 178 valence electrons. The molecule has 1 amide bonds. The van der Waals surface area contributed by atoms with Crippen LogP contribution in [0.3, 0.4) is 0 Å². The van der Waals surface area contributed by atoms with Crippen molar-refractivity contribution in [2.45, 2.75) is 51.8 Å². The van der Waals surface area contributed by atoms with Crippen LogP contribution in [0.5, 0.6) is 5.75 Å². The standard InChI is InChI=1S/C27H30N2O4S/c1-5-29-24-15-12-20(16-23(24)22-8-7-9-25(26(22)29)33-18(3)4)27(30)28-17-19-10-13-21(14-11-19)34(31,32)6-2/h7-16,18H,5-6,17H2,1-4H3,(H,28,30). The van der Waals surface area contributed by atoms with E-state index in [4.69, 9.17) is 4.74 Å². The Labute approximate surface area is 200 Å². The quantitative estimate of drug-likeness (QED) is 0.372. The predicted octanol–water partition coefficient (Wildman–Crippen LogP) is 5.33. The Bertz CT molecular complexity index is 1450. The number of aromatic nitrogens is 1. The van der Waals surface area contributed by atoms with Gasteiger partial charge in [0, 0.05) is 34.9 Å². The maximum atomic E-state index is 12.9. The Morgan fingerprint density at radius 1 is 1.00 bits per heavy atom. The van der Waals surface area contributed by atoms with E-state index in [1.807, 2.05) is 44.2 Å². The highest BCUT2D eigenvalue weighted by atomic mass is 32.2. The van der Waals surface area contributed by atoms with Crippen LogP contribution in [0.1, 0.15) is 43.6 Å². The van der Waals surface area contributed by atoms with E-state index in [-0.39, 0.29) is 17.8 Å². The predicted molar refractivity (Wildman–Crippen MR) is 136 cm³/mol. The third-order valence-corrected chi connectivity index (χ3v) is 7.65. The number of carbonyl (C=O) groups is 1. The summed E-state index contributed by atoms with van der Waals surface area (Å²) in [7, 11) is -3.24. The van der Waals surface area contributed by atoms with Crippen LogP contribution < -0.4 is 10.1 Å². The number of ether oxygens (including phenoxy) is 1. The molecule has 7 heteroatoms. The van der Waals surface area contributed by atoms with Gasteiger partial charge in [0.25, 0.3) is 5.91 Å². The molecule has 0 saturated heterocycles. The second-order valence-electron chi connectivity index (χ2n) is 8.53. The van der Waals surface area contributed by atoms with Gasteiger partial charge in [-0.3, -0.25) is 4.79 Å². The first-order chi connectivity index (χ1) is 16.2. The number of nitrogens with zero attached hydrogens (tertiary/aromatic N) is 1. The van der Waals surface area contributed by atoms with Gasteiger partial charge in [0.2, 0.25) is 0 Å². The van der Waals surface area contributed by atoms with E-state index in [2.05, 4.69) is 22.9 Å². The van der Waals surface area contributed by atoms with E-state index < -0.39 is 9.84 Å². The average Bonchev–Trinajstić information content (AvgIpc) is 3.16. The summed E-state index contributed by atoms with van der Waals surface area (Å²) in [4.78, 5) is 13.2. The molecule has 4 rings (SSSR count). The number of nitrogens with one attached hydrogen (secondary N) is 1. The zero-order valence-corrected chi connectivity index (χ0v) is 20.8. The Morgan fingerprint density at radius 2 is 1.74 bits per heavy atom. The number of aryl methyl sites for hydroxylation is 1. The smallest absolute Gasteiger partial charge is 0.251 e. The number of benzene rings is 3. The lowest BCUT2D eigenvalue weighted by Gasteiger charge is -2.13. The summed E-state index contributed by atoms with van der Waals surface area (Å²) in [6.45, 7) is 8.84. The zero-order valence-electron chi connectivity index (χ0n) is 20.0. The zero-order chi connectivity index (χ0) is 24.5. The monoisotopic (exact) mass is 478 g/mol. The van der Waals surface area contributed by atoms with Crippen LogP contribution in [-0.4, -0.2) is 30.7 Å². The third-order valence-electron chi connectivity index (χ3n) is 5.90. The topological polar surface area (TPSA) is 77.4 Å². The minimum atomic E-state index is -3.24. The number of rotatable bonds is 8. The summed E-state index contributed by atoms with van der Waals surface area (Å²) in [5.74, 6) is 0.717. The Hall–Kier alpha value is -3.32. The van der Waals surface area contributed by atoms with E-state index in [0.29, 0.717) is 17.0 Å². The molecule has 1 heterocycles. The van der Waals surface area contributed by atoms with E-state index >= 15 is 0 Å². The normalized spacial score (nSPS) is 11.9. The molecule has 0 unspecified atom stereocenters. The fraction of sp³-hybridized carbons (Fsp3) is 0.296. The van der Waals surface area contributed by atoms with Crippen LogP contribution in [-0.2, 0) is 22.9 Å². The second-order valence-corrected chi connectivity index (χ2v) is 10.8. The molecule has 0 spiro atoms. The number of sulfone groups is 1. The number of amides is 1. The first kappa shape index (κ1) is 23.8.